The molecule has 3 rings (SSSR count). The Labute approximate surface area is 153 Å². The van der Waals surface area contributed by atoms with Crippen molar-refractivity contribution in [2.45, 2.75) is 53.5 Å². The minimum Gasteiger partial charge on any atom is -0.267 e. The topological polar surface area (TPSA) is 76.3 Å². The van der Waals surface area contributed by atoms with Gasteiger partial charge in [-0.25, -0.2) is 10.1 Å². The van der Waals surface area contributed by atoms with Crippen molar-refractivity contribution >= 4 is 22.4 Å². The molecule has 1 atom stereocenters. The first-order chi connectivity index (χ1) is 12.3. The Hall–Kier alpha value is -2.50. The van der Waals surface area contributed by atoms with Crippen LogP contribution in [0.3, 0.4) is 0 Å². The van der Waals surface area contributed by atoms with Crippen LogP contribution in [0.5, 0.6) is 0 Å². The number of amides is 1. The summed E-state index contributed by atoms with van der Waals surface area (Å²) in [5, 5.41) is 9.68. The molecular weight excluding hydrogens is 328 g/mol. The van der Waals surface area contributed by atoms with Crippen LogP contribution in [0.25, 0.3) is 10.8 Å². The Morgan fingerprint density at radius 1 is 1.35 bits per heavy atom. The zero-order valence-corrected chi connectivity index (χ0v) is 15.9. The standard InChI is InChI=1S/C20H26N4O2/c1-5-24-19(26)16-9-7-6-8-15(16)17(23-24)18(25)22-21-14-10-13(2)11-20(3,4)12-14/h6-9,13H,5,10-12H2,1-4H3,(H,22,25)/b21-14+. The van der Waals surface area contributed by atoms with Gasteiger partial charge in [0.2, 0.25) is 0 Å². The quantitative estimate of drug-likeness (QED) is 0.859. The van der Waals surface area contributed by atoms with Crippen LogP contribution in [0, 0.1) is 11.3 Å². The van der Waals surface area contributed by atoms with Crippen molar-refractivity contribution in [3.05, 3.63) is 40.3 Å². The molecule has 1 heterocycles. The lowest BCUT2D eigenvalue weighted by molar-refractivity contribution is 0.0948. The minimum atomic E-state index is -0.382. The molecule has 1 amide bonds. The fourth-order valence-corrected chi connectivity index (χ4v) is 4.00. The summed E-state index contributed by atoms with van der Waals surface area (Å²) in [5.41, 5.74) is 3.91. The minimum absolute atomic E-state index is 0.186. The third kappa shape index (κ3) is 3.69. The van der Waals surface area contributed by atoms with E-state index >= 15 is 0 Å². The van der Waals surface area contributed by atoms with E-state index in [1.54, 1.807) is 24.3 Å². The van der Waals surface area contributed by atoms with Crippen molar-refractivity contribution in [3.63, 3.8) is 0 Å². The smallest absolute Gasteiger partial charge is 0.267 e. The first kappa shape index (κ1) is 18.3. The van der Waals surface area contributed by atoms with E-state index in [1.165, 1.54) is 4.68 Å². The van der Waals surface area contributed by atoms with E-state index in [4.69, 9.17) is 0 Å². The van der Waals surface area contributed by atoms with E-state index < -0.39 is 0 Å². The fourth-order valence-electron chi connectivity index (χ4n) is 4.00. The molecule has 1 aliphatic rings. The highest BCUT2D eigenvalue weighted by atomic mass is 16.2. The molecule has 0 spiro atoms. The average Bonchev–Trinajstić information content (AvgIpc) is 2.58. The van der Waals surface area contributed by atoms with Gasteiger partial charge in [0.05, 0.1) is 5.39 Å². The summed E-state index contributed by atoms with van der Waals surface area (Å²) in [7, 11) is 0. The van der Waals surface area contributed by atoms with Gasteiger partial charge >= 0.3 is 0 Å². The van der Waals surface area contributed by atoms with Gasteiger partial charge in [0, 0.05) is 17.6 Å². The molecule has 0 aliphatic heterocycles. The lowest BCUT2D eigenvalue weighted by Gasteiger charge is -2.34. The molecule has 138 valence electrons. The maximum atomic E-state index is 12.7. The van der Waals surface area contributed by atoms with Gasteiger partial charge in [-0.2, -0.15) is 10.2 Å². The highest BCUT2D eigenvalue weighted by Crippen LogP contribution is 2.36. The molecule has 1 aromatic carbocycles. The molecular formula is C20H26N4O2. The maximum Gasteiger partial charge on any atom is 0.292 e. The molecule has 0 bridgehead atoms. The van der Waals surface area contributed by atoms with Crippen LogP contribution in [-0.4, -0.2) is 21.4 Å². The molecule has 1 aliphatic carbocycles. The van der Waals surface area contributed by atoms with Crippen LogP contribution in [0.2, 0.25) is 0 Å². The van der Waals surface area contributed by atoms with E-state index in [0.717, 1.165) is 25.0 Å². The van der Waals surface area contributed by atoms with Crippen LogP contribution in [-0.2, 0) is 6.54 Å². The summed E-state index contributed by atoms with van der Waals surface area (Å²) >= 11 is 0. The average molecular weight is 354 g/mol. The molecule has 6 heteroatoms. The molecule has 2 aromatic rings. The SMILES string of the molecule is CCn1nc(C(=O)N/N=C2\CC(C)CC(C)(C)C2)c2ccccc2c1=O. The number of carbonyl (C=O) groups is 1. The van der Waals surface area contributed by atoms with Crippen LogP contribution in [0.4, 0.5) is 0 Å². The maximum absolute atomic E-state index is 12.7. The van der Waals surface area contributed by atoms with Crippen molar-refractivity contribution in [3.8, 4) is 0 Å². The monoisotopic (exact) mass is 354 g/mol. The van der Waals surface area contributed by atoms with E-state index in [1.807, 2.05) is 6.92 Å². The number of nitrogens with one attached hydrogen (secondary N) is 1. The molecule has 0 saturated heterocycles. The highest BCUT2D eigenvalue weighted by Gasteiger charge is 2.29. The second kappa shape index (κ2) is 7.02. The van der Waals surface area contributed by atoms with Crippen LogP contribution >= 0.6 is 0 Å². The molecule has 1 saturated carbocycles. The Morgan fingerprint density at radius 2 is 2.04 bits per heavy atom. The number of fused-ring (bicyclic) bond motifs is 1. The number of carbonyl (C=O) groups excluding carboxylic acids is 1. The van der Waals surface area contributed by atoms with E-state index in [-0.39, 0.29) is 22.6 Å². The molecule has 1 N–H and O–H groups in total. The predicted molar refractivity (Wildman–Crippen MR) is 103 cm³/mol. The second-order valence-electron chi connectivity index (χ2n) is 7.99. The van der Waals surface area contributed by atoms with Gasteiger partial charge in [-0.1, -0.05) is 39.0 Å². The zero-order valence-electron chi connectivity index (χ0n) is 15.9. The number of nitrogens with zero attached hydrogens (tertiary/aromatic N) is 3. The molecule has 0 radical (unpaired) electrons. The number of benzene rings is 1. The fraction of sp³-hybridized carbons (Fsp3) is 0.500. The largest absolute Gasteiger partial charge is 0.292 e. The number of hydrogen-bond donors (Lipinski definition) is 1. The third-order valence-electron chi connectivity index (χ3n) is 4.87. The Kier molecular flexibility index (Phi) is 4.94. The lowest BCUT2D eigenvalue weighted by atomic mass is 9.72. The first-order valence-corrected chi connectivity index (χ1v) is 9.16. The molecule has 6 nitrogen and oxygen atoms in total. The Morgan fingerprint density at radius 3 is 2.69 bits per heavy atom. The van der Waals surface area contributed by atoms with E-state index in [0.29, 0.717) is 23.2 Å². The van der Waals surface area contributed by atoms with Crippen molar-refractivity contribution in [1.29, 1.82) is 0 Å². The normalized spacial score (nSPS) is 21.1. The third-order valence-corrected chi connectivity index (χ3v) is 4.87. The summed E-state index contributed by atoms with van der Waals surface area (Å²) in [6, 6.07) is 7.06. The number of rotatable bonds is 3. The zero-order chi connectivity index (χ0) is 18.9. The number of hydrogen-bond acceptors (Lipinski definition) is 4. The van der Waals surface area contributed by atoms with Crippen LogP contribution < -0.4 is 11.0 Å². The van der Waals surface area contributed by atoms with Gasteiger partial charge in [0.1, 0.15) is 0 Å². The van der Waals surface area contributed by atoms with Gasteiger partial charge in [0.25, 0.3) is 11.5 Å². The molecule has 1 unspecified atom stereocenters. The summed E-state index contributed by atoms with van der Waals surface area (Å²) < 4.78 is 1.32. The Bertz CT molecular complexity index is 927. The highest BCUT2D eigenvalue weighted by molar-refractivity contribution is 6.05. The van der Waals surface area contributed by atoms with Gasteiger partial charge in [-0.05, 0) is 43.6 Å². The Balaban J connectivity index is 1.92. The van der Waals surface area contributed by atoms with Gasteiger partial charge in [-0.15, -0.1) is 0 Å². The lowest BCUT2D eigenvalue weighted by Crippen LogP contribution is -2.31. The van der Waals surface area contributed by atoms with Gasteiger partial charge < -0.3 is 0 Å². The van der Waals surface area contributed by atoms with E-state index in [9.17, 15) is 9.59 Å². The van der Waals surface area contributed by atoms with Gasteiger partial charge in [-0.3, -0.25) is 9.59 Å². The van der Waals surface area contributed by atoms with E-state index in [2.05, 4.69) is 36.4 Å². The molecule has 1 aromatic heterocycles. The molecule has 26 heavy (non-hydrogen) atoms. The number of hydrazone groups is 1. The van der Waals surface area contributed by atoms with Crippen LogP contribution in [0.15, 0.2) is 34.2 Å². The van der Waals surface area contributed by atoms with Crippen LogP contribution in [0.1, 0.15) is 57.4 Å². The second-order valence-corrected chi connectivity index (χ2v) is 7.99. The number of aryl methyl sites for hydroxylation is 1. The van der Waals surface area contributed by atoms with Crippen molar-refractivity contribution in [2.75, 3.05) is 0 Å². The predicted octanol–water partition coefficient (Wildman–Crippen LogP) is 3.35. The van der Waals surface area contributed by atoms with Crippen molar-refractivity contribution in [2.24, 2.45) is 16.4 Å². The molecule has 1 fully saturated rings. The van der Waals surface area contributed by atoms with Crippen molar-refractivity contribution < 1.29 is 4.79 Å². The van der Waals surface area contributed by atoms with Gasteiger partial charge in [0.15, 0.2) is 5.69 Å². The first-order valence-electron chi connectivity index (χ1n) is 9.16. The summed E-state index contributed by atoms with van der Waals surface area (Å²) in [6.45, 7) is 8.91. The summed E-state index contributed by atoms with van der Waals surface area (Å²) in [4.78, 5) is 25.1. The summed E-state index contributed by atoms with van der Waals surface area (Å²) in [6.07, 6.45) is 2.93. The number of aromatic nitrogens is 2. The summed E-state index contributed by atoms with van der Waals surface area (Å²) in [5.74, 6) is 0.169. The van der Waals surface area contributed by atoms with Crippen molar-refractivity contribution in [1.82, 2.24) is 15.2 Å².